The third-order valence-corrected chi connectivity index (χ3v) is 8.35. The van der Waals surface area contributed by atoms with Gasteiger partial charge in [0.25, 0.3) is 5.85 Å². The van der Waals surface area contributed by atoms with E-state index < -0.39 is 52.1 Å². The fourth-order valence-electron chi connectivity index (χ4n) is 6.02. The van der Waals surface area contributed by atoms with Crippen molar-refractivity contribution in [2.75, 3.05) is 6.54 Å². The Morgan fingerprint density at radius 1 is 1.15 bits per heavy atom. The average molecular weight is 597 g/mol. The molecule has 0 bridgehead atoms. The molecule has 2 aromatic rings. The highest BCUT2D eigenvalue weighted by Crippen LogP contribution is 2.54. The van der Waals surface area contributed by atoms with Crippen molar-refractivity contribution < 1.29 is 42.0 Å². The van der Waals surface area contributed by atoms with Gasteiger partial charge in [-0.1, -0.05) is 54.1 Å². The van der Waals surface area contributed by atoms with Crippen LogP contribution < -0.4 is 15.8 Å². The monoisotopic (exact) mass is 596 g/mol. The second-order valence-electron chi connectivity index (χ2n) is 10.6. The molecule has 220 valence electrons. The molecule has 0 radical (unpaired) electrons. The first-order valence-electron chi connectivity index (χ1n) is 13.2. The van der Waals surface area contributed by atoms with Gasteiger partial charge in [-0.2, -0.15) is 8.78 Å². The Morgan fingerprint density at radius 2 is 1.83 bits per heavy atom. The molecule has 3 aliphatic rings. The number of benzene rings is 2. The van der Waals surface area contributed by atoms with E-state index in [1.54, 1.807) is 6.07 Å². The highest BCUT2D eigenvalue weighted by Gasteiger charge is 2.56. The van der Waals surface area contributed by atoms with E-state index in [4.69, 9.17) is 22.1 Å². The quantitative estimate of drug-likeness (QED) is 0.332. The molecular weight excluding hydrogens is 568 g/mol. The van der Waals surface area contributed by atoms with Crippen molar-refractivity contribution in [2.45, 2.75) is 68.2 Å². The SMILES string of the molecule is NC(=O)C1=C(F)C(Cl)=C(OC(F)F)[C@@](O)(F)[C@H]1c1cccc2c1CC(CN[C@H]1CC[C@@H](O)CC1)(c1ccccc1)O2. The maximum absolute atomic E-state index is 16.2. The number of alkyl halides is 3. The van der Waals surface area contributed by atoms with Gasteiger partial charge in [-0.05, 0) is 42.9 Å². The number of hydrogen-bond acceptors (Lipinski definition) is 6. The van der Waals surface area contributed by atoms with E-state index in [1.165, 1.54) is 12.1 Å². The van der Waals surface area contributed by atoms with Crippen LogP contribution in [0.2, 0.25) is 0 Å². The van der Waals surface area contributed by atoms with Crippen molar-refractivity contribution >= 4 is 17.5 Å². The molecule has 5 rings (SSSR count). The number of nitrogens with one attached hydrogen (secondary N) is 1. The molecule has 2 aromatic carbocycles. The zero-order valence-electron chi connectivity index (χ0n) is 21.8. The molecule has 1 saturated carbocycles. The Kier molecular flexibility index (Phi) is 8.08. The number of halogens is 5. The minimum Gasteiger partial charge on any atom is -0.481 e. The fraction of sp³-hybridized carbons (Fsp3) is 0.414. The summed E-state index contributed by atoms with van der Waals surface area (Å²) < 4.78 is 68.4. The lowest BCUT2D eigenvalue weighted by atomic mass is 9.76. The zero-order valence-corrected chi connectivity index (χ0v) is 22.5. The largest absolute Gasteiger partial charge is 0.481 e. The summed E-state index contributed by atoms with van der Waals surface area (Å²) in [6.45, 7) is -3.35. The van der Waals surface area contributed by atoms with Crippen molar-refractivity contribution in [2.24, 2.45) is 5.73 Å². The number of rotatable bonds is 8. The van der Waals surface area contributed by atoms with Gasteiger partial charge >= 0.3 is 6.61 Å². The number of fused-ring (bicyclic) bond motifs is 1. The van der Waals surface area contributed by atoms with Crippen molar-refractivity contribution in [3.8, 4) is 5.75 Å². The van der Waals surface area contributed by atoms with Crippen LogP contribution in [0.15, 0.2) is 70.7 Å². The van der Waals surface area contributed by atoms with E-state index >= 15 is 8.78 Å². The molecule has 41 heavy (non-hydrogen) atoms. The third-order valence-electron chi connectivity index (χ3n) is 8.01. The molecule has 7 nitrogen and oxygen atoms in total. The summed E-state index contributed by atoms with van der Waals surface area (Å²) in [5, 5.41) is 23.0. The molecule has 3 atom stereocenters. The lowest BCUT2D eigenvalue weighted by Gasteiger charge is -2.36. The second-order valence-corrected chi connectivity index (χ2v) is 10.9. The Balaban J connectivity index is 1.57. The molecule has 1 unspecified atom stereocenters. The van der Waals surface area contributed by atoms with Crippen LogP contribution in [0.4, 0.5) is 17.6 Å². The Bertz CT molecular complexity index is 1380. The van der Waals surface area contributed by atoms with Crippen molar-refractivity contribution in [1.82, 2.24) is 5.32 Å². The smallest absolute Gasteiger partial charge is 0.387 e. The minimum absolute atomic E-state index is 0.0909. The van der Waals surface area contributed by atoms with Gasteiger partial charge in [-0.15, -0.1) is 0 Å². The summed E-state index contributed by atoms with van der Waals surface area (Å²) in [6, 6.07) is 13.7. The van der Waals surface area contributed by atoms with Gasteiger partial charge in [0.05, 0.1) is 17.6 Å². The van der Waals surface area contributed by atoms with Crippen LogP contribution in [-0.4, -0.2) is 47.3 Å². The van der Waals surface area contributed by atoms with Crippen LogP contribution in [0, 0.1) is 0 Å². The topological polar surface area (TPSA) is 114 Å². The number of ether oxygens (including phenoxy) is 2. The number of hydrogen-bond donors (Lipinski definition) is 4. The van der Waals surface area contributed by atoms with Crippen molar-refractivity contribution in [3.05, 3.63) is 87.4 Å². The van der Waals surface area contributed by atoms with Gasteiger partial charge in [0.1, 0.15) is 10.8 Å². The van der Waals surface area contributed by atoms with Crippen molar-refractivity contribution in [1.29, 1.82) is 0 Å². The second kappa shape index (κ2) is 11.3. The third kappa shape index (κ3) is 5.43. The van der Waals surface area contributed by atoms with E-state index in [2.05, 4.69) is 10.1 Å². The molecule has 12 heteroatoms. The normalized spacial score (nSPS) is 29.9. The number of nitrogens with two attached hydrogens (primary N) is 1. The minimum atomic E-state index is -3.86. The Hall–Kier alpha value is -3.12. The van der Waals surface area contributed by atoms with Gasteiger partial charge in [-0.3, -0.25) is 4.79 Å². The number of aliphatic hydroxyl groups is 2. The zero-order chi connectivity index (χ0) is 29.5. The predicted octanol–water partition coefficient (Wildman–Crippen LogP) is 4.56. The molecule has 0 saturated heterocycles. The lowest BCUT2D eigenvalue weighted by Crippen LogP contribution is -2.47. The Morgan fingerprint density at radius 3 is 2.46 bits per heavy atom. The molecule has 1 fully saturated rings. The highest BCUT2D eigenvalue weighted by molar-refractivity contribution is 6.32. The lowest BCUT2D eigenvalue weighted by molar-refractivity contribution is -0.172. The van der Waals surface area contributed by atoms with E-state index in [-0.39, 0.29) is 29.9 Å². The molecule has 2 aliphatic carbocycles. The number of amides is 1. The highest BCUT2D eigenvalue weighted by atomic mass is 35.5. The van der Waals surface area contributed by atoms with Gasteiger partial charge in [-0.25, -0.2) is 8.78 Å². The van der Waals surface area contributed by atoms with Gasteiger partial charge < -0.3 is 30.7 Å². The summed E-state index contributed by atoms with van der Waals surface area (Å²) in [6.07, 6.45) is 2.58. The number of primary amides is 1. The maximum atomic E-state index is 16.2. The van der Waals surface area contributed by atoms with Crippen LogP contribution in [0.3, 0.4) is 0 Å². The first-order chi connectivity index (χ1) is 19.4. The first-order valence-corrected chi connectivity index (χ1v) is 13.6. The molecule has 0 aromatic heterocycles. The molecule has 1 heterocycles. The van der Waals surface area contributed by atoms with Crippen LogP contribution in [0.25, 0.3) is 0 Å². The average Bonchev–Trinajstić information content (AvgIpc) is 3.33. The standard InChI is InChI=1S/C29H29ClF4N2O5/c30-23-24(31)21(26(35)38)22(29(34,39)25(23)40-27(32)33)18-7-4-8-20-19(18)13-28(41-20,15-5-2-1-3-6-15)14-36-16-9-11-17(37)12-10-16/h1-8,16-17,22,27,36-37,39H,9-14H2,(H2,35,38)/t16-,17+,22-,28?,29+/m0/s1. The number of aliphatic hydroxyl groups excluding tert-OH is 1. The van der Waals surface area contributed by atoms with E-state index in [0.717, 1.165) is 18.4 Å². The molecule has 1 aliphatic heterocycles. The summed E-state index contributed by atoms with van der Waals surface area (Å²) in [5.41, 5.74) is 4.33. The van der Waals surface area contributed by atoms with Gasteiger partial charge in [0, 0.05) is 24.6 Å². The van der Waals surface area contributed by atoms with Crippen LogP contribution >= 0.6 is 11.6 Å². The van der Waals surface area contributed by atoms with Crippen LogP contribution in [0.5, 0.6) is 5.75 Å². The molecular formula is C29H29ClF4N2O5. The van der Waals surface area contributed by atoms with E-state index in [0.29, 0.717) is 24.9 Å². The summed E-state index contributed by atoms with van der Waals surface area (Å²) in [5.74, 6) is -10.4. The van der Waals surface area contributed by atoms with Crippen LogP contribution in [-0.2, 0) is 21.6 Å². The summed E-state index contributed by atoms with van der Waals surface area (Å²) in [4.78, 5) is 12.4. The van der Waals surface area contributed by atoms with Gasteiger partial charge in [0.2, 0.25) is 5.91 Å². The number of carbonyl (C=O) groups is 1. The summed E-state index contributed by atoms with van der Waals surface area (Å²) >= 11 is 5.75. The Labute approximate surface area is 238 Å². The van der Waals surface area contributed by atoms with Gasteiger partial charge in [0.15, 0.2) is 17.2 Å². The predicted molar refractivity (Wildman–Crippen MR) is 141 cm³/mol. The maximum Gasteiger partial charge on any atom is 0.387 e. The fourth-order valence-corrected chi connectivity index (χ4v) is 6.30. The number of allylic oxidation sites excluding steroid dienone is 2. The summed E-state index contributed by atoms with van der Waals surface area (Å²) in [7, 11) is 0. The number of carbonyl (C=O) groups excluding carboxylic acids is 1. The first kappa shape index (κ1) is 29.4. The molecule has 1 amide bonds. The van der Waals surface area contributed by atoms with Crippen LogP contribution in [0.1, 0.15) is 48.3 Å². The molecule has 0 spiro atoms. The molecule has 5 N–H and O–H groups in total. The van der Waals surface area contributed by atoms with E-state index in [1.807, 2.05) is 30.3 Å². The van der Waals surface area contributed by atoms with Crippen molar-refractivity contribution in [3.63, 3.8) is 0 Å². The van der Waals surface area contributed by atoms with E-state index in [9.17, 15) is 23.8 Å².